The van der Waals surface area contributed by atoms with Gasteiger partial charge in [-0.2, -0.15) is 0 Å². The molecule has 0 heterocycles. The molecule has 0 fully saturated rings. The predicted molar refractivity (Wildman–Crippen MR) is 451 cm³/mol. The van der Waals surface area contributed by atoms with Gasteiger partial charge in [-0.3, -0.25) is 37.3 Å². The van der Waals surface area contributed by atoms with Crippen LogP contribution in [0.5, 0.6) is 0 Å². The minimum absolute atomic E-state index is 0.107. The van der Waals surface area contributed by atoms with E-state index in [9.17, 15) is 43.2 Å². The molecule has 17 nitrogen and oxygen atoms in total. The van der Waals surface area contributed by atoms with Gasteiger partial charge in [-0.1, -0.05) is 439 Å². The SMILES string of the molecule is CCCCCCCCCCCCCCCCCCCCCCCCC(=O)O[C@H](COC(=O)CCCCCCCCCCCCCCCCCCCCCC)COP(=O)(O)OC[C@@H](O)COP(=O)(O)OC[C@@H](COC(=O)CCCCCCCCCCCCCCC)OC(=O)CCCCCCCCCCCCC(C)CC. The van der Waals surface area contributed by atoms with E-state index in [1.54, 1.807) is 0 Å². The average molecular weight is 1590 g/mol. The van der Waals surface area contributed by atoms with E-state index in [1.807, 2.05) is 0 Å². The molecule has 0 aromatic carbocycles. The molecule has 0 aromatic heterocycles. The number of phosphoric acid groups is 2. The molecule has 19 heteroatoms. The van der Waals surface area contributed by atoms with Crippen LogP contribution in [0.2, 0.25) is 0 Å². The number of carbonyl (C=O) groups is 4. The molecule has 0 aromatic rings. The van der Waals surface area contributed by atoms with Crippen molar-refractivity contribution in [1.29, 1.82) is 0 Å². The van der Waals surface area contributed by atoms with E-state index in [2.05, 4.69) is 34.6 Å². The highest BCUT2D eigenvalue weighted by Gasteiger charge is 2.31. The molecule has 3 unspecified atom stereocenters. The lowest BCUT2D eigenvalue weighted by Crippen LogP contribution is -2.30. The van der Waals surface area contributed by atoms with Crippen LogP contribution in [0.3, 0.4) is 0 Å². The fraction of sp³-hybridized carbons (Fsp3) is 0.956. The molecule has 0 saturated heterocycles. The van der Waals surface area contributed by atoms with Gasteiger partial charge in [0.05, 0.1) is 26.4 Å². The van der Waals surface area contributed by atoms with Gasteiger partial charge in [0.15, 0.2) is 12.2 Å². The second-order valence-electron chi connectivity index (χ2n) is 32.6. The summed E-state index contributed by atoms with van der Waals surface area (Å²) in [6.07, 6.45) is 77.8. The highest BCUT2D eigenvalue weighted by atomic mass is 31.2. The predicted octanol–water partition coefficient (Wildman–Crippen LogP) is 27.9. The van der Waals surface area contributed by atoms with Crippen molar-refractivity contribution < 1.29 is 80.2 Å². The normalized spacial score (nSPS) is 13.9. The Bertz CT molecular complexity index is 2070. The highest BCUT2D eigenvalue weighted by Crippen LogP contribution is 2.45. The minimum Gasteiger partial charge on any atom is -0.462 e. The Morgan fingerprint density at radius 3 is 0.651 bits per heavy atom. The fourth-order valence-electron chi connectivity index (χ4n) is 14.1. The summed E-state index contributed by atoms with van der Waals surface area (Å²) in [5.74, 6) is -1.29. The summed E-state index contributed by atoms with van der Waals surface area (Å²) < 4.78 is 69.0. The number of hydrogen-bond acceptors (Lipinski definition) is 15. The van der Waals surface area contributed by atoms with Gasteiger partial charge in [0.25, 0.3) is 0 Å². The summed E-state index contributed by atoms with van der Waals surface area (Å²) in [6, 6.07) is 0. The van der Waals surface area contributed by atoms with Crippen LogP contribution < -0.4 is 0 Å². The summed E-state index contributed by atoms with van der Waals surface area (Å²) in [5, 5.41) is 10.7. The van der Waals surface area contributed by atoms with Gasteiger partial charge in [-0.05, 0) is 31.6 Å². The molecule has 0 aliphatic heterocycles. The molecule has 648 valence electrons. The molecule has 109 heavy (non-hydrogen) atoms. The Kier molecular flexibility index (Phi) is 81.1. The molecular weight excluding hydrogens is 1410 g/mol. The van der Waals surface area contributed by atoms with Gasteiger partial charge in [0.1, 0.15) is 19.3 Å². The van der Waals surface area contributed by atoms with Gasteiger partial charge < -0.3 is 33.8 Å². The van der Waals surface area contributed by atoms with Crippen molar-refractivity contribution in [2.45, 2.75) is 509 Å². The van der Waals surface area contributed by atoms with E-state index < -0.39 is 97.5 Å². The van der Waals surface area contributed by atoms with Crippen molar-refractivity contribution in [2.75, 3.05) is 39.6 Å². The van der Waals surface area contributed by atoms with Crippen LogP contribution in [0.15, 0.2) is 0 Å². The number of rotatable bonds is 90. The van der Waals surface area contributed by atoms with E-state index in [-0.39, 0.29) is 25.7 Å². The quantitative estimate of drug-likeness (QED) is 0.0222. The van der Waals surface area contributed by atoms with Crippen LogP contribution in [0.25, 0.3) is 0 Å². The maximum Gasteiger partial charge on any atom is 0.472 e. The largest absolute Gasteiger partial charge is 0.472 e. The first-order valence-corrected chi connectivity index (χ1v) is 49.7. The van der Waals surface area contributed by atoms with Crippen molar-refractivity contribution in [2.24, 2.45) is 5.92 Å². The first-order valence-electron chi connectivity index (χ1n) is 46.7. The standard InChI is InChI=1S/C90H176O17P2/c1-6-10-13-16-19-22-25-28-30-32-34-36-37-39-41-43-46-49-55-60-65-70-75-89(94)106-85(79-101-88(93)74-69-64-59-54-48-45-42-40-38-35-33-31-29-26-23-20-17-14-11-7-2)81-104-108(96,97)102-77-84(91)78-103-109(98,99)105-82-86(80-100-87(92)73-68-63-58-53-47-44-27-24-21-18-15-12-8-3)107-90(95)76-71-66-61-56-51-50-52-57-62-67-72-83(5)9-4/h83-86,91H,6-82H2,1-5H3,(H,96,97)(H,98,99)/t83?,84-,85-,86-/m1/s1. The monoisotopic (exact) mass is 1590 g/mol. The second kappa shape index (κ2) is 82.6. The molecule has 0 amide bonds. The van der Waals surface area contributed by atoms with E-state index in [1.165, 1.54) is 315 Å². The molecular formula is C90H176O17P2. The first-order chi connectivity index (χ1) is 53.1. The van der Waals surface area contributed by atoms with Crippen LogP contribution in [0.4, 0.5) is 0 Å². The third-order valence-corrected chi connectivity index (χ3v) is 23.5. The third-order valence-electron chi connectivity index (χ3n) is 21.6. The summed E-state index contributed by atoms with van der Waals surface area (Å²) in [6.45, 7) is 7.41. The van der Waals surface area contributed by atoms with Crippen molar-refractivity contribution in [3.05, 3.63) is 0 Å². The van der Waals surface area contributed by atoms with E-state index >= 15 is 0 Å². The summed E-state index contributed by atoms with van der Waals surface area (Å²) in [7, 11) is -9.93. The summed E-state index contributed by atoms with van der Waals surface area (Å²) in [4.78, 5) is 73.4. The zero-order valence-corrected chi connectivity index (χ0v) is 73.5. The van der Waals surface area contributed by atoms with E-state index in [4.69, 9.17) is 37.0 Å². The van der Waals surface area contributed by atoms with Gasteiger partial charge >= 0.3 is 39.5 Å². The number of aliphatic hydroxyl groups is 1. The van der Waals surface area contributed by atoms with Crippen molar-refractivity contribution >= 4 is 39.5 Å². The number of hydrogen-bond donors (Lipinski definition) is 3. The zero-order valence-electron chi connectivity index (χ0n) is 71.7. The second-order valence-corrected chi connectivity index (χ2v) is 35.5. The Hall–Kier alpha value is -1.94. The molecule has 0 radical (unpaired) electrons. The van der Waals surface area contributed by atoms with Crippen molar-refractivity contribution in [3.63, 3.8) is 0 Å². The van der Waals surface area contributed by atoms with Gasteiger partial charge in [-0.15, -0.1) is 0 Å². The number of ether oxygens (including phenoxy) is 4. The molecule has 3 N–H and O–H groups in total. The molecule has 6 atom stereocenters. The van der Waals surface area contributed by atoms with Crippen molar-refractivity contribution in [3.8, 4) is 0 Å². The van der Waals surface area contributed by atoms with E-state index in [0.717, 1.165) is 95.8 Å². The topological polar surface area (TPSA) is 237 Å². The lowest BCUT2D eigenvalue weighted by Gasteiger charge is -2.21. The summed E-state index contributed by atoms with van der Waals surface area (Å²) >= 11 is 0. The number of unbranched alkanes of at least 4 members (excludes halogenated alkanes) is 61. The van der Waals surface area contributed by atoms with Gasteiger partial charge in [0.2, 0.25) is 0 Å². The number of phosphoric ester groups is 2. The molecule has 0 spiro atoms. The Morgan fingerprint density at radius 1 is 0.257 bits per heavy atom. The number of carbonyl (C=O) groups excluding carboxylic acids is 4. The third kappa shape index (κ3) is 82.4. The van der Waals surface area contributed by atoms with Crippen LogP contribution in [0.1, 0.15) is 490 Å². The lowest BCUT2D eigenvalue weighted by atomic mass is 9.99. The van der Waals surface area contributed by atoms with Crippen LogP contribution in [0, 0.1) is 5.92 Å². The maximum atomic E-state index is 13.2. The van der Waals surface area contributed by atoms with Crippen LogP contribution in [-0.2, 0) is 65.4 Å². The number of esters is 4. The van der Waals surface area contributed by atoms with Crippen LogP contribution >= 0.6 is 15.6 Å². The minimum atomic E-state index is -4.97. The smallest absolute Gasteiger partial charge is 0.462 e. The maximum absolute atomic E-state index is 13.2. The highest BCUT2D eigenvalue weighted by molar-refractivity contribution is 7.47. The Morgan fingerprint density at radius 2 is 0.440 bits per heavy atom. The Balaban J connectivity index is 5.24. The summed E-state index contributed by atoms with van der Waals surface area (Å²) in [5.41, 5.74) is 0. The van der Waals surface area contributed by atoms with Gasteiger partial charge in [-0.25, -0.2) is 9.13 Å². The number of aliphatic hydroxyl groups excluding tert-OH is 1. The molecule has 0 rings (SSSR count). The molecule has 0 aliphatic rings. The molecule has 0 bridgehead atoms. The van der Waals surface area contributed by atoms with E-state index in [0.29, 0.717) is 25.7 Å². The van der Waals surface area contributed by atoms with Crippen molar-refractivity contribution in [1.82, 2.24) is 0 Å². The molecule has 0 aliphatic carbocycles. The lowest BCUT2D eigenvalue weighted by molar-refractivity contribution is -0.161. The van der Waals surface area contributed by atoms with Gasteiger partial charge in [0, 0.05) is 25.7 Å². The Labute approximate surface area is 670 Å². The molecule has 0 saturated carbocycles. The van der Waals surface area contributed by atoms with Crippen LogP contribution in [-0.4, -0.2) is 96.7 Å². The fourth-order valence-corrected chi connectivity index (χ4v) is 15.7. The zero-order chi connectivity index (χ0) is 79.7. The first kappa shape index (κ1) is 107. The average Bonchev–Trinajstić information content (AvgIpc) is 0.896.